The fourth-order valence-electron chi connectivity index (χ4n) is 2.76. The van der Waals surface area contributed by atoms with E-state index in [1.807, 2.05) is 13.0 Å². The van der Waals surface area contributed by atoms with Gasteiger partial charge in [0.1, 0.15) is 0 Å². The van der Waals surface area contributed by atoms with E-state index in [0.717, 1.165) is 28.4 Å². The summed E-state index contributed by atoms with van der Waals surface area (Å²) in [6.07, 6.45) is 2.36. The number of hydrogen-bond acceptors (Lipinski definition) is 3. The zero-order chi connectivity index (χ0) is 14.9. The molecule has 20 heavy (non-hydrogen) atoms. The molecule has 0 bridgehead atoms. The van der Waals surface area contributed by atoms with Gasteiger partial charge in [-0.05, 0) is 64.7 Å². The first-order chi connectivity index (χ1) is 9.49. The molecule has 2 rings (SSSR count). The third-order valence-corrected chi connectivity index (χ3v) is 4.46. The van der Waals surface area contributed by atoms with Crippen LogP contribution in [-0.2, 0) is 4.79 Å². The summed E-state index contributed by atoms with van der Waals surface area (Å²) in [5.41, 5.74) is 2.00. The maximum Gasteiger partial charge on any atom is 0.303 e. The lowest BCUT2D eigenvalue weighted by atomic mass is 9.87. The number of carboxylic acid groups (broad SMARTS) is 1. The summed E-state index contributed by atoms with van der Waals surface area (Å²) in [7, 11) is 3.20. The molecule has 4 nitrogen and oxygen atoms in total. The molecular formula is C15H19BrO4. The van der Waals surface area contributed by atoms with Gasteiger partial charge in [-0.15, -0.1) is 0 Å². The van der Waals surface area contributed by atoms with Gasteiger partial charge in [-0.1, -0.05) is 0 Å². The molecule has 1 unspecified atom stereocenters. The summed E-state index contributed by atoms with van der Waals surface area (Å²) in [5.74, 6) is 1.08. The van der Waals surface area contributed by atoms with Crippen LogP contribution in [0.5, 0.6) is 11.5 Å². The molecule has 0 radical (unpaired) electrons. The van der Waals surface area contributed by atoms with Crippen molar-refractivity contribution < 1.29 is 19.4 Å². The minimum atomic E-state index is -0.757. The van der Waals surface area contributed by atoms with E-state index >= 15 is 0 Å². The predicted molar refractivity (Wildman–Crippen MR) is 79.7 cm³/mol. The van der Waals surface area contributed by atoms with Crippen molar-refractivity contribution in [2.75, 3.05) is 14.2 Å². The Balaban J connectivity index is 2.49. The number of methoxy groups -OCH3 is 2. The molecule has 1 saturated carbocycles. The third kappa shape index (κ3) is 2.92. The highest BCUT2D eigenvalue weighted by Gasteiger charge is 2.35. The molecule has 1 aromatic carbocycles. The van der Waals surface area contributed by atoms with Crippen LogP contribution in [0.2, 0.25) is 0 Å². The maximum atomic E-state index is 11.1. The topological polar surface area (TPSA) is 55.8 Å². The van der Waals surface area contributed by atoms with Crippen LogP contribution < -0.4 is 9.47 Å². The van der Waals surface area contributed by atoms with Gasteiger partial charge < -0.3 is 14.6 Å². The molecule has 1 aliphatic carbocycles. The Morgan fingerprint density at radius 3 is 2.45 bits per heavy atom. The minimum absolute atomic E-state index is 0.0450. The van der Waals surface area contributed by atoms with Crippen LogP contribution in [0.1, 0.15) is 36.3 Å². The van der Waals surface area contributed by atoms with Crippen LogP contribution in [0, 0.1) is 12.8 Å². The molecule has 0 aliphatic heterocycles. The van der Waals surface area contributed by atoms with E-state index in [1.165, 1.54) is 0 Å². The van der Waals surface area contributed by atoms with Crippen LogP contribution in [0.4, 0.5) is 0 Å². The number of hydrogen-bond donors (Lipinski definition) is 1. The van der Waals surface area contributed by atoms with E-state index in [4.69, 9.17) is 14.6 Å². The van der Waals surface area contributed by atoms with Crippen molar-refractivity contribution >= 4 is 21.9 Å². The fourth-order valence-corrected chi connectivity index (χ4v) is 3.35. The summed E-state index contributed by atoms with van der Waals surface area (Å²) in [6, 6.07) is 1.97. The first-order valence-corrected chi connectivity index (χ1v) is 7.41. The van der Waals surface area contributed by atoms with Crippen molar-refractivity contribution in [1.82, 2.24) is 0 Å². The molecule has 1 aromatic rings. The molecule has 0 heterocycles. The average Bonchev–Trinajstić information content (AvgIpc) is 3.22. The maximum absolute atomic E-state index is 11.1. The van der Waals surface area contributed by atoms with Crippen LogP contribution in [0.3, 0.4) is 0 Å². The normalized spacial score (nSPS) is 15.8. The summed E-state index contributed by atoms with van der Waals surface area (Å²) >= 11 is 3.48. The Bertz CT molecular complexity index is 523. The highest BCUT2D eigenvalue weighted by atomic mass is 79.9. The van der Waals surface area contributed by atoms with Gasteiger partial charge in [0.05, 0.1) is 25.1 Å². The van der Waals surface area contributed by atoms with Crippen molar-refractivity contribution in [2.24, 2.45) is 5.92 Å². The van der Waals surface area contributed by atoms with Crippen molar-refractivity contribution in [3.63, 3.8) is 0 Å². The third-order valence-electron chi connectivity index (χ3n) is 3.87. The van der Waals surface area contributed by atoms with E-state index < -0.39 is 5.97 Å². The molecule has 0 spiro atoms. The van der Waals surface area contributed by atoms with E-state index in [-0.39, 0.29) is 12.3 Å². The van der Waals surface area contributed by atoms with E-state index in [0.29, 0.717) is 17.4 Å². The molecule has 0 amide bonds. The molecule has 1 N–H and O–H groups in total. The lowest BCUT2D eigenvalue weighted by Gasteiger charge is -2.21. The van der Waals surface area contributed by atoms with Gasteiger partial charge >= 0.3 is 5.97 Å². The molecule has 110 valence electrons. The second-order valence-electron chi connectivity index (χ2n) is 5.18. The lowest BCUT2D eigenvalue weighted by Crippen LogP contribution is -2.11. The standard InChI is InChI=1S/C15H19BrO4/c1-8-10(11(7-13(17)18)9-4-5-9)6-12(16)15(20-3)14(8)19-2/h6,9,11H,4-5,7H2,1-3H3,(H,17,18). The quantitative estimate of drug-likeness (QED) is 0.855. The van der Waals surface area contributed by atoms with E-state index in [2.05, 4.69) is 15.9 Å². The van der Waals surface area contributed by atoms with Crippen LogP contribution in [0.25, 0.3) is 0 Å². The van der Waals surface area contributed by atoms with Gasteiger partial charge in [0.25, 0.3) is 0 Å². The first kappa shape index (κ1) is 15.2. The fraction of sp³-hybridized carbons (Fsp3) is 0.533. The Labute approximate surface area is 127 Å². The number of carboxylic acids is 1. The number of carbonyl (C=O) groups is 1. The molecule has 5 heteroatoms. The molecular weight excluding hydrogens is 324 g/mol. The highest BCUT2D eigenvalue weighted by molar-refractivity contribution is 9.10. The zero-order valence-corrected chi connectivity index (χ0v) is 13.5. The Kier molecular flexibility index (Phi) is 4.58. The van der Waals surface area contributed by atoms with E-state index in [1.54, 1.807) is 14.2 Å². The SMILES string of the molecule is COc1c(Br)cc(C(CC(=O)O)C2CC2)c(C)c1OC. The van der Waals surface area contributed by atoms with Gasteiger partial charge in [-0.2, -0.15) is 0 Å². The van der Waals surface area contributed by atoms with Gasteiger partial charge in [0.15, 0.2) is 11.5 Å². The largest absolute Gasteiger partial charge is 0.493 e. The van der Waals surface area contributed by atoms with Gasteiger partial charge in [0, 0.05) is 0 Å². The van der Waals surface area contributed by atoms with Crippen LogP contribution in [0.15, 0.2) is 10.5 Å². The molecule has 1 atom stereocenters. The Hall–Kier alpha value is -1.23. The number of halogens is 1. The zero-order valence-electron chi connectivity index (χ0n) is 11.9. The number of aliphatic carboxylic acids is 1. The smallest absolute Gasteiger partial charge is 0.303 e. The number of benzene rings is 1. The lowest BCUT2D eigenvalue weighted by molar-refractivity contribution is -0.137. The Morgan fingerprint density at radius 2 is 2.00 bits per heavy atom. The first-order valence-electron chi connectivity index (χ1n) is 6.62. The second kappa shape index (κ2) is 6.04. The summed E-state index contributed by atoms with van der Waals surface area (Å²) < 4.78 is 11.6. The van der Waals surface area contributed by atoms with Gasteiger partial charge in [-0.25, -0.2) is 0 Å². The van der Waals surface area contributed by atoms with Crippen LogP contribution in [-0.4, -0.2) is 25.3 Å². The predicted octanol–water partition coefficient (Wildman–Crippen LogP) is 3.74. The van der Waals surface area contributed by atoms with Crippen molar-refractivity contribution in [2.45, 2.75) is 32.1 Å². The number of rotatable bonds is 6. The summed E-state index contributed by atoms with van der Waals surface area (Å²) in [4.78, 5) is 11.1. The number of ether oxygens (including phenoxy) is 2. The van der Waals surface area contributed by atoms with Gasteiger partial charge in [-0.3, -0.25) is 4.79 Å². The van der Waals surface area contributed by atoms with Crippen molar-refractivity contribution in [3.8, 4) is 11.5 Å². The van der Waals surface area contributed by atoms with Crippen LogP contribution >= 0.6 is 15.9 Å². The van der Waals surface area contributed by atoms with E-state index in [9.17, 15) is 4.79 Å². The summed E-state index contributed by atoms with van der Waals surface area (Å²) in [5, 5.41) is 9.14. The Morgan fingerprint density at radius 1 is 1.40 bits per heavy atom. The second-order valence-corrected chi connectivity index (χ2v) is 6.04. The van der Waals surface area contributed by atoms with Crippen molar-refractivity contribution in [3.05, 3.63) is 21.7 Å². The monoisotopic (exact) mass is 342 g/mol. The molecule has 1 fully saturated rings. The minimum Gasteiger partial charge on any atom is -0.493 e. The molecule has 1 aliphatic rings. The molecule has 0 saturated heterocycles. The summed E-state index contributed by atoms with van der Waals surface area (Å²) in [6.45, 7) is 1.96. The average molecular weight is 343 g/mol. The van der Waals surface area contributed by atoms with Crippen molar-refractivity contribution in [1.29, 1.82) is 0 Å². The molecule has 0 aromatic heterocycles. The van der Waals surface area contributed by atoms with Gasteiger partial charge in [0.2, 0.25) is 0 Å². The highest BCUT2D eigenvalue weighted by Crippen LogP contribution is 2.49.